The molecule has 0 unspecified atom stereocenters. The summed E-state index contributed by atoms with van der Waals surface area (Å²) in [6.07, 6.45) is 1.88. The quantitative estimate of drug-likeness (QED) is 0.887. The molecule has 2 amide bonds. The number of nitrogens with zero attached hydrogens (tertiary/aromatic N) is 3. The van der Waals surface area contributed by atoms with Gasteiger partial charge in [-0.2, -0.15) is 0 Å². The second-order valence-corrected chi connectivity index (χ2v) is 6.34. The lowest BCUT2D eigenvalue weighted by molar-refractivity contribution is -0.122. The summed E-state index contributed by atoms with van der Waals surface area (Å²) in [7, 11) is 1.88. The summed E-state index contributed by atoms with van der Waals surface area (Å²) < 4.78 is 1.84. The van der Waals surface area contributed by atoms with Crippen LogP contribution in [0.4, 0.5) is 0 Å². The molecule has 3 rings (SSSR count). The Hall–Kier alpha value is -2.60. The minimum absolute atomic E-state index is 0.0195. The molecule has 0 saturated carbocycles. The van der Waals surface area contributed by atoms with Crippen LogP contribution in [0.25, 0.3) is 0 Å². The molecule has 1 aromatic heterocycles. The summed E-state index contributed by atoms with van der Waals surface area (Å²) in [5, 5.41) is 2.95. The predicted octanol–water partition coefficient (Wildman–Crippen LogP) is 1.10. The lowest BCUT2D eigenvalue weighted by Gasteiger charge is -2.34. The molecule has 6 heteroatoms. The summed E-state index contributed by atoms with van der Waals surface area (Å²) in [6.45, 7) is 3.65. The van der Waals surface area contributed by atoms with E-state index in [4.69, 9.17) is 0 Å². The molecule has 0 spiro atoms. The zero-order chi connectivity index (χ0) is 17.6. The number of hydrogen-bond acceptors (Lipinski definition) is 3. The summed E-state index contributed by atoms with van der Waals surface area (Å²) in [5.41, 5.74) is 1.79. The molecule has 1 aromatic carbocycles. The van der Waals surface area contributed by atoms with Crippen LogP contribution >= 0.6 is 0 Å². The van der Waals surface area contributed by atoms with Crippen LogP contribution < -0.4 is 5.32 Å². The van der Waals surface area contributed by atoms with Crippen molar-refractivity contribution in [1.82, 2.24) is 19.7 Å². The molecule has 2 heterocycles. The Morgan fingerprint density at radius 2 is 1.72 bits per heavy atom. The number of nitrogens with one attached hydrogen (secondary N) is 1. The van der Waals surface area contributed by atoms with Gasteiger partial charge >= 0.3 is 0 Å². The second-order valence-electron chi connectivity index (χ2n) is 6.34. The Balaban J connectivity index is 1.42. The van der Waals surface area contributed by atoms with E-state index in [0.717, 1.165) is 18.7 Å². The molecule has 25 heavy (non-hydrogen) atoms. The molecule has 1 aliphatic rings. The van der Waals surface area contributed by atoms with Crippen molar-refractivity contribution >= 4 is 11.8 Å². The third kappa shape index (κ3) is 4.48. The van der Waals surface area contributed by atoms with Crippen molar-refractivity contribution in [3.63, 3.8) is 0 Å². The zero-order valence-electron chi connectivity index (χ0n) is 14.5. The topological polar surface area (TPSA) is 57.6 Å². The fourth-order valence-electron chi connectivity index (χ4n) is 3.01. The van der Waals surface area contributed by atoms with Crippen molar-refractivity contribution in [2.75, 3.05) is 32.7 Å². The summed E-state index contributed by atoms with van der Waals surface area (Å²) in [4.78, 5) is 28.5. The van der Waals surface area contributed by atoms with Crippen LogP contribution in [-0.2, 0) is 18.4 Å². The predicted molar refractivity (Wildman–Crippen MR) is 96.0 cm³/mol. The second kappa shape index (κ2) is 7.98. The van der Waals surface area contributed by atoms with Crippen LogP contribution in [0.2, 0.25) is 0 Å². The van der Waals surface area contributed by atoms with Crippen molar-refractivity contribution in [2.24, 2.45) is 7.05 Å². The lowest BCUT2D eigenvalue weighted by Crippen LogP contribution is -2.51. The molecule has 1 N–H and O–H groups in total. The maximum absolute atomic E-state index is 12.5. The van der Waals surface area contributed by atoms with Crippen LogP contribution in [-0.4, -0.2) is 58.9 Å². The maximum Gasteiger partial charge on any atom is 0.270 e. The van der Waals surface area contributed by atoms with Gasteiger partial charge in [-0.15, -0.1) is 0 Å². The maximum atomic E-state index is 12.5. The standard InChI is InChI=1S/C19H24N4O2/c1-21-9-5-8-17(21)19(25)23-12-10-22(11-13-23)15-18(24)20-14-16-6-3-2-4-7-16/h2-9H,10-15H2,1H3,(H,20,24). The smallest absolute Gasteiger partial charge is 0.270 e. The SMILES string of the molecule is Cn1cccc1C(=O)N1CCN(CC(=O)NCc2ccccc2)CC1. The van der Waals surface area contributed by atoms with Gasteiger partial charge in [0.1, 0.15) is 5.69 Å². The summed E-state index contributed by atoms with van der Waals surface area (Å²) in [6, 6.07) is 13.6. The van der Waals surface area contributed by atoms with Gasteiger partial charge in [0, 0.05) is 46.0 Å². The first kappa shape index (κ1) is 17.2. The van der Waals surface area contributed by atoms with E-state index in [1.54, 1.807) is 0 Å². The van der Waals surface area contributed by atoms with E-state index in [1.807, 2.05) is 65.2 Å². The number of amides is 2. The monoisotopic (exact) mass is 340 g/mol. The van der Waals surface area contributed by atoms with Crippen LogP contribution in [0, 0.1) is 0 Å². The van der Waals surface area contributed by atoms with E-state index in [2.05, 4.69) is 10.2 Å². The first-order chi connectivity index (χ1) is 12.1. The number of aryl methyl sites for hydroxylation is 1. The van der Waals surface area contributed by atoms with Crippen molar-refractivity contribution in [2.45, 2.75) is 6.54 Å². The van der Waals surface area contributed by atoms with E-state index >= 15 is 0 Å². The van der Waals surface area contributed by atoms with Gasteiger partial charge < -0.3 is 14.8 Å². The van der Waals surface area contributed by atoms with Crippen LogP contribution in [0.15, 0.2) is 48.7 Å². The molecule has 132 valence electrons. The highest BCUT2D eigenvalue weighted by Crippen LogP contribution is 2.09. The first-order valence-corrected chi connectivity index (χ1v) is 8.57. The van der Waals surface area contributed by atoms with Gasteiger partial charge in [-0.25, -0.2) is 0 Å². The van der Waals surface area contributed by atoms with Gasteiger partial charge in [-0.3, -0.25) is 14.5 Å². The van der Waals surface area contributed by atoms with Crippen molar-refractivity contribution in [1.29, 1.82) is 0 Å². The van der Waals surface area contributed by atoms with Crippen LogP contribution in [0.3, 0.4) is 0 Å². The van der Waals surface area contributed by atoms with E-state index in [0.29, 0.717) is 31.9 Å². The molecule has 0 atom stereocenters. The largest absolute Gasteiger partial charge is 0.351 e. The number of aromatic nitrogens is 1. The van der Waals surface area contributed by atoms with Gasteiger partial charge in [0.2, 0.25) is 5.91 Å². The molecule has 1 saturated heterocycles. The Bertz CT molecular complexity index is 718. The normalized spacial score (nSPS) is 15.2. The number of hydrogen-bond donors (Lipinski definition) is 1. The van der Waals surface area contributed by atoms with E-state index in [-0.39, 0.29) is 11.8 Å². The lowest BCUT2D eigenvalue weighted by atomic mass is 10.2. The highest BCUT2D eigenvalue weighted by atomic mass is 16.2. The molecule has 0 radical (unpaired) electrons. The molecule has 2 aromatic rings. The van der Waals surface area contributed by atoms with Crippen molar-refractivity contribution in [3.05, 3.63) is 59.9 Å². The molecular formula is C19H24N4O2. The average Bonchev–Trinajstić information content (AvgIpc) is 3.07. The van der Waals surface area contributed by atoms with Gasteiger partial charge in [-0.1, -0.05) is 30.3 Å². The molecule has 1 aliphatic heterocycles. The number of benzene rings is 1. The third-order valence-corrected chi connectivity index (χ3v) is 4.52. The highest BCUT2D eigenvalue weighted by Gasteiger charge is 2.24. The van der Waals surface area contributed by atoms with Gasteiger partial charge in [0.25, 0.3) is 5.91 Å². The Morgan fingerprint density at radius 1 is 1.00 bits per heavy atom. The van der Waals surface area contributed by atoms with Gasteiger partial charge in [-0.05, 0) is 17.7 Å². The van der Waals surface area contributed by atoms with E-state index in [1.165, 1.54) is 0 Å². The van der Waals surface area contributed by atoms with Gasteiger partial charge in [0.15, 0.2) is 0 Å². The minimum atomic E-state index is 0.0195. The average molecular weight is 340 g/mol. The molecule has 0 aliphatic carbocycles. The fraction of sp³-hybridized carbons (Fsp3) is 0.368. The number of piperazine rings is 1. The fourth-order valence-corrected chi connectivity index (χ4v) is 3.01. The Morgan fingerprint density at radius 3 is 2.36 bits per heavy atom. The Labute approximate surface area is 148 Å². The molecule has 6 nitrogen and oxygen atoms in total. The zero-order valence-corrected chi connectivity index (χ0v) is 14.5. The molecule has 1 fully saturated rings. The van der Waals surface area contributed by atoms with Crippen LogP contribution in [0.1, 0.15) is 16.1 Å². The number of rotatable bonds is 5. The third-order valence-electron chi connectivity index (χ3n) is 4.52. The van der Waals surface area contributed by atoms with Gasteiger partial charge in [0.05, 0.1) is 6.54 Å². The Kier molecular flexibility index (Phi) is 5.50. The van der Waals surface area contributed by atoms with E-state index in [9.17, 15) is 9.59 Å². The van der Waals surface area contributed by atoms with Crippen molar-refractivity contribution < 1.29 is 9.59 Å². The number of carbonyl (C=O) groups is 2. The summed E-state index contributed by atoms with van der Waals surface area (Å²) in [5.74, 6) is 0.0757. The molecular weight excluding hydrogens is 316 g/mol. The number of carbonyl (C=O) groups excluding carboxylic acids is 2. The van der Waals surface area contributed by atoms with E-state index < -0.39 is 0 Å². The highest BCUT2D eigenvalue weighted by molar-refractivity contribution is 5.92. The summed E-state index contributed by atoms with van der Waals surface area (Å²) >= 11 is 0. The van der Waals surface area contributed by atoms with Crippen LogP contribution in [0.5, 0.6) is 0 Å². The minimum Gasteiger partial charge on any atom is -0.351 e. The first-order valence-electron chi connectivity index (χ1n) is 8.57. The van der Waals surface area contributed by atoms with Crippen molar-refractivity contribution in [3.8, 4) is 0 Å². The molecule has 0 bridgehead atoms.